The van der Waals surface area contributed by atoms with Crippen LogP contribution in [0, 0.1) is 5.82 Å². The molecule has 3 aliphatic carbocycles. The Morgan fingerprint density at radius 1 is 1.14 bits per heavy atom. The molecular formula is C24H25ClF4N2O5S. The van der Waals surface area contributed by atoms with Crippen LogP contribution in [0.4, 0.5) is 17.6 Å². The lowest BCUT2D eigenvalue weighted by atomic mass is 9.60. The molecule has 0 radical (unpaired) electrons. The Hall–Kier alpha value is -2.41. The number of sulfonamides is 1. The second-order valence-corrected chi connectivity index (χ2v) is 11.8. The van der Waals surface area contributed by atoms with E-state index in [1.54, 1.807) is 0 Å². The quantitative estimate of drug-likeness (QED) is 0.422. The van der Waals surface area contributed by atoms with E-state index in [0.29, 0.717) is 12.8 Å². The van der Waals surface area contributed by atoms with Gasteiger partial charge in [0.25, 0.3) is 5.91 Å². The third kappa shape index (κ3) is 6.36. The van der Waals surface area contributed by atoms with Gasteiger partial charge >= 0.3 is 6.18 Å². The van der Waals surface area contributed by atoms with Crippen molar-refractivity contribution in [2.45, 2.75) is 61.2 Å². The molecule has 0 heterocycles. The van der Waals surface area contributed by atoms with Crippen molar-refractivity contribution < 1.29 is 40.6 Å². The van der Waals surface area contributed by atoms with Crippen LogP contribution >= 0.6 is 11.6 Å². The van der Waals surface area contributed by atoms with E-state index in [4.69, 9.17) is 16.3 Å². The minimum atomic E-state index is -4.60. The number of hydrogen-bond acceptors (Lipinski definition) is 5. The first-order valence-corrected chi connectivity index (χ1v) is 13.5. The maximum atomic E-state index is 13.5. The number of fused-ring (bicyclic) bond motifs is 3. The summed E-state index contributed by atoms with van der Waals surface area (Å²) in [5.74, 6) is -1.72. The lowest BCUT2D eigenvalue weighted by Crippen LogP contribution is -2.70. The van der Waals surface area contributed by atoms with Gasteiger partial charge in [-0.1, -0.05) is 29.8 Å². The molecule has 3 N–H and O–H groups in total. The standard InChI is InChI=1S/C24H25ClF4N2O5S/c25-18-5-4-17(11-19(18)26)36-13-21(33)30-22-6-8-23(9-7-22,20(32)12-22)31-37(34,35)14-15-2-1-3-16(10-15)24(27,28)29/h1-5,10-11,20,31-32H,6-9,12-14H2,(H,30,33)/t20-,22?,23?/m1/s1. The first kappa shape index (κ1) is 27.6. The van der Waals surface area contributed by atoms with Gasteiger partial charge in [0.2, 0.25) is 10.0 Å². The number of amides is 1. The van der Waals surface area contributed by atoms with Gasteiger partial charge in [0.05, 0.1) is 28.0 Å². The molecule has 3 saturated carbocycles. The van der Waals surface area contributed by atoms with Gasteiger partial charge < -0.3 is 15.2 Å². The Bertz CT molecular complexity index is 1280. The molecule has 2 bridgehead atoms. The predicted octanol–water partition coefficient (Wildman–Crippen LogP) is 3.93. The fourth-order valence-corrected chi connectivity index (χ4v) is 6.84. The number of carbonyl (C=O) groups is 1. The number of ether oxygens (including phenoxy) is 1. The van der Waals surface area contributed by atoms with Gasteiger partial charge in [-0.25, -0.2) is 17.5 Å². The van der Waals surface area contributed by atoms with Crippen LogP contribution in [0.2, 0.25) is 5.02 Å². The van der Waals surface area contributed by atoms with Gasteiger partial charge in [0.15, 0.2) is 6.61 Å². The molecule has 0 unspecified atom stereocenters. The fraction of sp³-hybridized carbons (Fsp3) is 0.458. The van der Waals surface area contributed by atoms with Gasteiger partial charge in [-0.2, -0.15) is 13.2 Å². The highest BCUT2D eigenvalue weighted by molar-refractivity contribution is 7.88. The van der Waals surface area contributed by atoms with Gasteiger partial charge in [0.1, 0.15) is 11.6 Å². The van der Waals surface area contributed by atoms with Crippen molar-refractivity contribution in [3.63, 3.8) is 0 Å². The van der Waals surface area contributed by atoms with Gasteiger partial charge in [-0.3, -0.25) is 4.79 Å². The highest BCUT2D eigenvalue weighted by Crippen LogP contribution is 2.47. The van der Waals surface area contributed by atoms with Crippen LogP contribution in [0.25, 0.3) is 0 Å². The molecule has 0 aromatic heterocycles. The molecular weight excluding hydrogens is 540 g/mol. The first-order chi connectivity index (χ1) is 17.2. The summed E-state index contributed by atoms with van der Waals surface area (Å²) in [4.78, 5) is 12.5. The number of carbonyl (C=O) groups excluding carboxylic acids is 1. The number of aliphatic hydroxyl groups is 1. The number of alkyl halides is 3. The highest BCUT2D eigenvalue weighted by Gasteiger charge is 2.56. The lowest BCUT2D eigenvalue weighted by molar-refractivity contribution is -0.137. The lowest BCUT2D eigenvalue weighted by Gasteiger charge is -2.56. The first-order valence-electron chi connectivity index (χ1n) is 11.5. The van der Waals surface area contributed by atoms with Crippen molar-refractivity contribution in [1.29, 1.82) is 0 Å². The van der Waals surface area contributed by atoms with Crippen molar-refractivity contribution in [2.75, 3.05) is 6.61 Å². The molecule has 1 atom stereocenters. The van der Waals surface area contributed by atoms with Crippen molar-refractivity contribution in [3.8, 4) is 5.75 Å². The molecule has 3 aliphatic rings. The molecule has 5 rings (SSSR count). The van der Waals surface area contributed by atoms with E-state index in [1.165, 1.54) is 18.2 Å². The van der Waals surface area contributed by atoms with E-state index in [0.717, 1.165) is 24.3 Å². The molecule has 37 heavy (non-hydrogen) atoms. The Kier molecular flexibility index (Phi) is 7.50. The smallest absolute Gasteiger partial charge is 0.416 e. The topological polar surface area (TPSA) is 105 Å². The van der Waals surface area contributed by atoms with Crippen molar-refractivity contribution >= 4 is 27.5 Å². The van der Waals surface area contributed by atoms with Crippen molar-refractivity contribution in [1.82, 2.24) is 10.0 Å². The summed E-state index contributed by atoms with van der Waals surface area (Å²) in [5.41, 5.74) is -2.91. The minimum Gasteiger partial charge on any atom is -0.484 e. The Labute approximate surface area is 216 Å². The molecule has 0 saturated heterocycles. The van der Waals surface area contributed by atoms with Crippen LogP contribution in [0.3, 0.4) is 0 Å². The summed E-state index contributed by atoms with van der Waals surface area (Å²) in [6.45, 7) is -0.395. The molecule has 1 amide bonds. The van der Waals surface area contributed by atoms with E-state index < -0.39 is 63.0 Å². The largest absolute Gasteiger partial charge is 0.484 e. The maximum absolute atomic E-state index is 13.5. The van der Waals surface area contributed by atoms with Crippen LogP contribution in [0.5, 0.6) is 5.75 Å². The number of hydrogen-bond donors (Lipinski definition) is 3. The Balaban J connectivity index is 1.36. The second kappa shape index (κ2) is 10.0. The average Bonchev–Trinajstić information content (AvgIpc) is 2.80. The molecule has 0 spiro atoms. The third-order valence-corrected chi connectivity index (χ3v) is 8.69. The monoisotopic (exact) mass is 564 g/mol. The Morgan fingerprint density at radius 2 is 1.84 bits per heavy atom. The van der Waals surface area contributed by atoms with E-state index in [1.807, 2.05) is 0 Å². The summed E-state index contributed by atoms with van der Waals surface area (Å²) >= 11 is 5.62. The molecule has 3 fully saturated rings. The number of halogens is 5. The zero-order chi connectivity index (χ0) is 27.1. The van der Waals surface area contributed by atoms with Crippen molar-refractivity contribution in [2.24, 2.45) is 0 Å². The summed E-state index contributed by atoms with van der Waals surface area (Å²) in [7, 11) is -4.09. The zero-order valence-corrected chi connectivity index (χ0v) is 21.0. The number of rotatable bonds is 8. The summed E-state index contributed by atoms with van der Waals surface area (Å²) in [5, 5.41) is 13.6. The molecule has 7 nitrogen and oxygen atoms in total. The summed E-state index contributed by atoms with van der Waals surface area (Å²) in [6, 6.07) is 7.87. The zero-order valence-electron chi connectivity index (χ0n) is 19.4. The maximum Gasteiger partial charge on any atom is 0.416 e. The number of aliphatic hydroxyl groups excluding tert-OH is 1. The fourth-order valence-electron chi connectivity index (χ4n) is 5.07. The molecule has 13 heteroatoms. The molecule has 202 valence electrons. The average molecular weight is 565 g/mol. The van der Waals surface area contributed by atoms with Crippen molar-refractivity contribution in [3.05, 3.63) is 64.4 Å². The SMILES string of the molecule is O=C(COc1ccc(Cl)c(F)c1)NC12CCC(NS(=O)(=O)Cc3cccc(C(F)(F)F)c3)(CC1)[C@H](O)C2. The second-order valence-electron chi connectivity index (χ2n) is 9.63. The predicted molar refractivity (Wildman–Crippen MR) is 127 cm³/mol. The van der Waals surface area contributed by atoms with Crippen LogP contribution in [0.15, 0.2) is 42.5 Å². The normalized spacial score (nSPS) is 25.6. The highest BCUT2D eigenvalue weighted by atomic mass is 35.5. The minimum absolute atomic E-state index is 0.0259. The van der Waals surface area contributed by atoms with E-state index >= 15 is 0 Å². The van der Waals surface area contributed by atoms with Crippen LogP contribution in [-0.2, 0) is 26.7 Å². The Morgan fingerprint density at radius 3 is 2.46 bits per heavy atom. The number of benzene rings is 2. The van der Waals surface area contributed by atoms with Crippen LogP contribution in [0.1, 0.15) is 43.2 Å². The van der Waals surface area contributed by atoms with Crippen LogP contribution < -0.4 is 14.8 Å². The van der Waals surface area contributed by atoms with Gasteiger partial charge in [-0.05, 0) is 55.9 Å². The van der Waals surface area contributed by atoms with E-state index in [2.05, 4.69) is 10.0 Å². The van der Waals surface area contributed by atoms with E-state index in [9.17, 15) is 35.9 Å². The molecule has 2 aromatic rings. The molecule has 2 aromatic carbocycles. The van der Waals surface area contributed by atoms with Gasteiger partial charge in [0, 0.05) is 11.6 Å². The van der Waals surface area contributed by atoms with Crippen LogP contribution in [-0.4, -0.2) is 43.2 Å². The summed E-state index contributed by atoms with van der Waals surface area (Å²) in [6.07, 6.45) is -4.45. The molecule has 0 aliphatic heterocycles. The summed E-state index contributed by atoms with van der Waals surface area (Å²) < 4.78 is 86.0. The van der Waals surface area contributed by atoms with E-state index in [-0.39, 0.29) is 35.6 Å². The number of nitrogens with one attached hydrogen (secondary N) is 2. The van der Waals surface area contributed by atoms with Gasteiger partial charge in [-0.15, -0.1) is 0 Å². The third-order valence-electron chi connectivity index (χ3n) is 6.96.